The number of likely N-dealkylation sites (tertiary alicyclic amines) is 1. The highest BCUT2D eigenvalue weighted by Crippen LogP contribution is 2.27. The predicted octanol–water partition coefficient (Wildman–Crippen LogP) is 1.94. The van der Waals surface area contributed by atoms with E-state index >= 15 is 0 Å². The molecule has 4 heterocycles. The van der Waals surface area contributed by atoms with Gasteiger partial charge in [0, 0.05) is 67.9 Å². The van der Waals surface area contributed by atoms with Crippen LogP contribution in [0.4, 0.5) is 0 Å². The summed E-state index contributed by atoms with van der Waals surface area (Å²) in [5.74, 6) is 1.25. The summed E-state index contributed by atoms with van der Waals surface area (Å²) < 4.78 is 1.80. The summed E-state index contributed by atoms with van der Waals surface area (Å²) in [6.45, 7) is 7.37. The van der Waals surface area contributed by atoms with E-state index in [2.05, 4.69) is 22.0 Å². The number of carbonyl (C=O) groups is 1. The van der Waals surface area contributed by atoms with Crippen LogP contribution in [0, 0.1) is 6.92 Å². The van der Waals surface area contributed by atoms with Crippen molar-refractivity contribution in [3.8, 4) is 0 Å². The Morgan fingerprint density at radius 3 is 2.96 bits per heavy atom. The third kappa shape index (κ3) is 3.60. The van der Waals surface area contributed by atoms with Crippen LogP contribution >= 0.6 is 0 Å². The number of hydrogen-bond donors (Lipinski definition) is 0. The number of nitrogens with zero attached hydrogens (tertiary/aromatic N) is 6. The first-order valence-corrected chi connectivity index (χ1v) is 9.85. The lowest BCUT2D eigenvalue weighted by molar-refractivity contribution is -0.135. The van der Waals surface area contributed by atoms with E-state index in [0.717, 1.165) is 50.4 Å². The smallest absolute Gasteiger partial charge is 0.247 e. The molecule has 2 aromatic rings. The zero-order chi connectivity index (χ0) is 19.0. The van der Waals surface area contributed by atoms with Crippen molar-refractivity contribution in [3.05, 3.63) is 41.2 Å². The molecule has 0 aromatic carbocycles. The van der Waals surface area contributed by atoms with Crippen LogP contribution in [-0.4, -0.2) is 62.1 Å². The topological polar surface area (TPSA) is 67.2 Å². The Bertz CT molecular complexity index is 832. The number of aromatic nitrogens is 4. The van der Waals surface area contributed by atoms with E-state index in [0.29, 0.717) is 6.54 Å². The molecule has 0 radical (unpaired) electrons. The van der Waals surface area contributed by atoms with Gasteiger partial charge < -0.3 is 9.80 Å². The Morgan fingerprint density at radius 2 is 2.19 bits per heavy atom. The minimum absolute atomic E-state index is 0.131. The van der Waals surface area contributed by atoms with Crippen molar-refractivity contribution in [3.63, 3.8) is 0 Å². The van der Waals surface area contributed by atoms with Gasteiger partial charge in [-0.2, -0.15) is 5.10 Å². The number of piperidine rings is 1. The molecule has 144 valence electrons. The van der Waals surface area contributed by atoms with E-state index in [1.54, 1.807) is 10.9 Å². The fraction of sp³-hybridized carbons (Fsp3) is 0.600. The normalized spacial score (nSPS) is 21.7. The van der Waals surface area contributed by atoms with Crippen molar-refractivity contribution in [2.45, 2.75) is 51.6 Å². The van der Waals surface area contributed by atoms with E-state index < -0.39 is 0 Å². The molecule has 1 saturated heterocycles. The molecule has 2 aliphatic rings. The third-order valence-electron chi connectivity index (χ3n) is 5.83. The third-order valence-corrected chi connectivity index (χ3v) is 5.83. The molecule has 0 spiro atoms. The Morgan fingerprint density at radius 1 is 1.33 bits per heavy atom. The maximum Gasteiger partial charge on any atom is 0.247 e. The summed E-state index contributed by atoms with van der Waals surface area (Å²) >= 11 is 0. The molecule has 0 N–H and O–H groups in total. The van der Waals surface area contributed by atoms with Crippen LogP contribution in [0.15, 0.2) is 18.5 Å². The van der Waals surface area contributed by atoms with Gasteiger partial charge in [0.15, 0.2) is 0 Å². The summed E-state index contributed by atoms with van der Waals surface area (Å²) in [4.78, 5) is 26.8. The molecule has 0 saturated carbocycles. The number of fused-ring (bicyclic) bond motifs is 1. The molecule has 27 heavy (non-hydrogen) atoms. The van der Waals surface area contributed by atoms with Gasteiger partial charge in [-0.3, -0.25) is 9.48 Å². The first-order valence-electron chi connectivity index (χ1n) is 9.85. The molecule has 2 aliphatic heterocycles. The number of hydrogen-bond acceptors (Lipinski definition) is 5. The first kappa shape index (κ1) is 18.1. The van der Waals surface area contributed by atoms with Crippen LogP contribution in [0.2, 0.25) is 0 Å². The van der Waals surface area contributed by atoms with Crippen LogP contribution < -0.4 is 0 Å². The highest BCUT2D eigenvalue weighted by atomic mass is 16.2. The van der Waals surface area contributed by atoms with E-state index in [1.807, 2.05) is 31.0 Å². The van der Waals surface area contributed by atoms with Crippen molar-refractivity contribution < 1.29 is 4.79 Å². The molecule has 1 amide bonds. The van der Waals surface area contributed by atoms with Gasteiger partial charge in [-0.15, -0.1) is 0 Å². The molecule has 7 heteroatoms. The highest BCUT2D eigenvalue weighted by molar-refractivity contribution is 5.80. The average Bonchev–Trinajstić information content (AvgIpc) is 3.12. The van der Waals surface area contributed by atoms with Crippen molar-refractivity contribution in [1.82, 2.24) is 29.5 Å². The monoisotopic (exact) mass is 368 g/mol. The quantitative estimate of drug-likeness (QED) is 0.828. The second kappa shape index (κ2) is 7.38. The fourth-order valence-corrected chi connectivity index (χ4v) is 4.21. The molecule has 2 atom stereocenters. The van der Waals surface area contributed by atoms with E-state index in [1.165, 1.54) is 11.3 Å². The molecule has 0 unspecified atom stereocenters. The summed E-state index contributed by atoms with van der Waals surface area (Å²) in [6, 6.07) is 1.65. The Hall–Kier alpha value is -2.28. The van der Waals surface area contributed by atoms with E-state index in [4.69, 9.17) is 4.98 Å². The molecular weight excluding hydrogens is 340 g/mol. The van der Waals surface area contributed by atoms with Crippen molar-refractivity contribution in [2.24, 2.45) is 0 Å². The molecule has 0 aliphatic carbocycles. The summed E-state index contributed by atoms with van der Waals surface area (Å²) in [5.41, 5.74) is 3.42. The van der Waals surface area contributed by atoms with Gasteiger partial charge in [-0.25, -0.2) is 9.97 Å². The molecule has 7 nitrogen and oxygen atoms in total. The van der Waals surface area contributed by atoms with Gasteiger partial charge >= 0.3 is 0 Å². The molecular formula is C20H28N6O. The molecule has 0 bridgehead atoms. The number of likely N-dealkylation sites (N-methyl/N-ethyl adjacent to an activating group) is 1. The van der Waals surface area contributed by atoms with E-state index in [9.17, 15) is 4.79 Å². The lowest BCUT2D eigenvalue weighted by atomic mass is 9.96. The SMILES string of the molecule is Cc1ccnn1[C@@H](C)C(=O)N1CCC[C@H](c2ncc3c(n2)CCN(C)C3)C1. The van der Waals surface area contributed by atoms with Gasteiger partial charge in [-0.1, -0.05) is 0 Å². The van der Waals surface area contributed by atoms with Crippen molar-refractivity contribution in [1.29, 1.82) is 0 Å². The van der Waals surface area contributed by atoms with Gasteiger partial charge in [0.05, 0.1) is 0 Å². The van der Waals surface area contributed by atoms with Crippen LogP contribution in [0.5, 0.6) is 0 Å². The standard InChI is InChI=1S/C20H28N6O/c1-14-6-8-22-26(14)15(2)20(27)25-9-4-5-16(13-25)19-21-11-17-12-24(3)10-7-18(17)23-19/h6,8,11,15-16H,4-5,7,9-10,12-13H2,1-3H3/t15-,16-/m0/s1. The van der Waals surface area contributed by atoms with Gasteiger partial charge in [0.1, 0.15) is 11.9 Å². The Kier molecular flexibility index (Phi) is 4.95. The molecule has 4 rings (SSSR count). The minimum Gasteiger partial charge on any atom is -0.340 e. The summed E-state index contributed by atoms with van der Waals surface area (Å²) in [5, 5.41) is 4.30. The number of aryl methyl sites for hydroxylation is 1. The predicted molar refractivity (Wildman–Crippen MR) is 102 cm³/mol. The largest absolute Gasteiger partial charge is 0.340 e. The van der Waals surface area contributed by atoms with E-state index in [-0.39, 0.29) is 17.9 Å². The lowest BCUT2D eigenvalue weighted by Crippen LogP contribution is -2.43. The molecule has 2 aromatic heterocycles. The second-order valence-corrected chi connectivity index (χ2v) is 7.90. The zero-order valence-corrected chi connectivity index (χ0v) is 16.4. The lowest BCUT2D eigenvalue weighted by Gasteiger charge is -2.34. The van der Waals surface area contributed by atoms with Gasteiger partial charge in [-0.05, 0) is 39.8 Å². The zero-order valence-electron chi connectivity index (χ0n) is 16.4. The van der Waals surface area contributed by atoms with Crippen LogP contribution in [-0.2, 0) is 17.8 Å². The maximum absolute atomic E-state index is 13.0. The molecule has 1 fully saturated rings. The number of amides is 1. The Balaban J connectivity index is 1.48. The number of rotatable bonds is 3. The fourth-order valence-electron chi connectivity index (χ4n) is 4.21. The van der Waals surface area contributed by atoms with Crippen molar-refractivity contribution >= 4 is 5.91 Å². The van der Waals surface area contributed by atoms with Gasteiger partial charge in [0.25, 0.3) is 0 Å². The van der Waals surface area contributed by atoms with Crippen LogP contribution in [0.1, 0.15) is 54.5 Å². The Labute approximate surface area is 160 Å². The first-order chi connectivity index (χ1) is 13.0. The summed E-state index contributed by atoms with van der Waals surface area (Å²) in [7, 11) is 2.13. The maximum atomic E-state index is 13.0. The number of carbonyl (C=O) groups excluding carboxylic acids is 1. The highest BCUT2D eigenvalue weighted by Gasteiger charge is 2.30. The van der Waals surface area contributed by atoms with Crippen molar-refractivity contribution in [2.75, 3.05) is 26.7 Å². The summed E-state index contributed by atoms with van der Waals surface area (Å²) in [6.07, 6.45) is 6.74. The van der Waals surface area contributed by atoms with Crippen LogP contribution in [0.3, 0.4) is 0 Å². The van der Waals surface area contributed by atoms with Crippen LogP contribution in [0.25, 0.3) is 0 Å². The average molecular weight is 368 g/mol. The van der Waals surface area contributed by atoms with Gasteiger partial charge in [0.2, 0.25) is 5.91 Å². The second-order valence-electron chi connectivity index (χ2n) is 7.90. The minimum atomic E-state index is -0.279.